The van der Waals surface area contributed by atoms with E-state index in [0.29, 0.717) is 23.6 Å². The van der Waals surface area contributed by atoms with Gasteiger partial charge in [-0.2, -0.15) is 0 Å². The van der Waals surface area contributed by atoms with Gasteiger partial charge >= 0.3 is 0 Å². The number of imidazole rings is 1. The Morgan fingerprint density at radius 3 is 2.72 bits per heavy atom. The van der Waals surface area contributed by atoms with Crippen molar-refractivity contribution in [1.29, 1.82) is 0 Å². The van der Waals surface area contributed by atoms with Gasteiger partial charge in [0.25, 0.3) is 5.91 Å². The van der Waals surface area contributed by atoms with Crippen LogP contribution in [0.4, 0.5) is 4.39 Å². The molecule has 2 aromatic heterocycles. The Hall–Kier alpha value is -2.89. The van der Waals surface area contributed by atoms with E-state index in [4.69, 9.17) is 4.42 Å². The molecule has 1 amide bonds. The van der Waals surface area contributed by atoms with Crippen LogP contribution in [0.2, 0.25) is 0 Å². The molecule has 1 atom stereocenters. The highest BCUT2D eigenvalue weighted by Gasteiger charge is 2.28. The third-order valence-corrected chi connectivity index (χ3v) is 4.12. The van der Waals surface area contributed by atoms with Crippen molar-refractivity contribution in [3.05, 3.63) is 77.5 Å². The number of carbonyl (C=O) groups is 1. The second kappa shape index (κ2) is 7.34. The molecule has 1 N–H and O–H groups in total. The van der Waals surface area contributed by atoms with Gasteiger partial charge in [-0.25, -0.2) is 9.37 Å². The van der Waals surface area contributed by atoms with Crippen molar-refractivity contribution in [1.82, 2.24) is 14.9 Å². The number of furan rings is 1. The van der Waals surface area contributed by atoms with E-state index in [0.717, 1.165) is 12.0 Å². The molecule has 0 saturated heterocycles. The van der Waals surface area contributed by atoms with E-state index in [1.54, 1.807) is 42.5 Å². The summed E-state index contributed by atoms with van der Waals surface area (Å²) in [6, 6.07) is 7.32. The Balaban J connectivity index is 1.96. The molecule has 0 saturated carbocycles. The molecule has 0 fully saturated rings. The van der Waals surface area contributed by atoms with Crippen molar-refractivity contribution in [2.75, 3.05) is 7.05 Å². The fourth-order valence-corrected chi connectivity index (χ4v) is 2.90. The second-order valence-electron chi connectivity index (χ2n) is 5.85. The molecule has 3 aromatic rings. The number of nitrogens with zero attached hydrogens (tertiary/aromatic N) is 2. The molecule has 3 rings (SSSR count). The number of benzene rings is 1. The number of halogens is 1. The molecule has 0 spiro atoms. The number of rotatable bonds is 6. The molecule has 1 unspecified atom stereocenters. The summed E-state index contributed by atoms with van der Waals surface area (Å²) in [5, 5.41) is 0. The highest BCUT2D eigenvalue weighted by molar-refractivity contribution is 5.95. The summed E-state index contributed by atoms with van der Waals surface area (Å²) < 4.78 is 18.7. The molecule has 2 heterocycles. The average Bonchev–Trinajstić information content (AvgIpc) is 3.28. The zero-order valence-electron chi connectivity index (χ0n) is 14.2. The van der Waals surface area contributed by atoms with Crippen LogP contribution in [0.3, 0.4) is 0 Å². The molecule has 0 bridgehead atoms. The fourth-order valence-electron chi connectivity index (χ4n) is 2.90. The third-order valence-electron chi connectivity index (χ3n) is 4.12. The molecule has 25 heavy (non-hydrogen) atoms. The smallest absolute Gasteiger partial charge is 0.258 e. The maximum atomic E-state index is 13.3. The predicted molar refractivity (Wildman–Crippen MR) is 91.6 cm³/mol. The van der Waals surface area contributed by atoms with Gasteiger partial charge in [0.05, 0.1) is 11.8 Å². The molecule has 130 valence electrons. The number of hydrogen-bond acceptors (Lipinski definition) is 3. The maximum absolute atomic E-state index is 13.3. The molecule has 0 radical (unpaired) electrons. The summed E-state index contributed by atoms with van der Waals surface area (Å²) in [6.45, 7) is 2.03. The van der Waals surface area contributed by atoms with Crippen molar-refractivity contribution in [3.63, 3.8) is 0 Å². The van der Waals surface area contributed by atoms with Crippen LogP contribution in [-0.2, 0) is 6.42 Å². The SMILES string of the molecule is CCCc1occc1C(=O)N(C)C(c1ccc(F)cc1)c1ncc[nH]1. The minimum atomic E-state index is -0.451. The van der Waals surface area contributed by atoms with E-state index < -0.39 is 6.04 Å². The molecule has 6 heteroatoms. The van der Waals surface area contributed by atoms with Crippen molar-refractivity contribution in [3.8, 4) is 0 Å². The van der Waals surface area contributed by atoms with Crippen LogP contribution in [-0.4, -0.2) is 27.8 Å². The number of nitrogens with one attached hydrogen (secondary N) is 1. The van der Waals surface area contributed by atoms with E-state index in [1.807, 2.05) is 6.92 Å². The van der Waals surface area contributed by atoms with Gasteiger partial charge in [-0.15, -0.1) is 0 Å². The molecule has 5 nitrogen and oxygen atoms in total. The highest BCUT2D eigenvalue weighted by Crippen LogP contribution is 2.28. The lowest BCUT2D eigenvalue weighted by atomic mass is 10.0. The first kappa shape index (κ1) is 17.0. The zero-order valence-corrected chi connectivity index (χ0v) is 14.2. The van der Waals surface area contributed by atoms with E-state index in [1.165, 1.54) is 18.4 Å². The van der Waals surface area contributed by atoms with Crippen LogP contribution < -0.4 is 0 Å². The number of aromatic nitrogens is 2. The summed E-state index contributed by atoms with van der Waals surface area (Å²) in [4.78, 5) is 22.0. The number of hydrogen-bond donors (Lipinski definition) is 1. The summed E-state index contributed by atoms with van der Waals surface area (Å²) in [7, 11) is 1.71. The standard InChI is InChI=1S/C19H20FN3O2/c1-3-4-16-15(9-12-25-16)19(24)23(2)17(18-21-10-11-22-18)13-5-7-14(20)8-6-13/h5-12,17H,3-4H2,1-2H3,(H,21,22). The van der Waals surface area contributed by atoms with Crippen LogP contribution in [0.1, 0.15) is 46.9 Å². The van der Waals surface area contributed by atoms with E-state index in [2.05, 4.69) is 9.97 Å². The Morgan fingerprint density at radius 1 is 1.32 bits per heavy atom. The first-order valence-electron chi connectivity index (χ1n) is 8.20. The Kier molecular flexibility index (Phi) is 4.97. The Morgan fingerprint density at radius 2 is 2.08 bits per heavy atom. The lowest BCUT2D eigenvalue weighted by molar-refractivity contribution is 0.0748. The van der Waals surface area contributed by atoms with Crippen molar-refractivity contribution < 1.29 is 13.6 Å². The van der Waals surface area contributed by atoms with Gasteiger partial charge in [0.1, 0.15) is 23.4 Å². The molecule has 0 aliphatic heterocycles. The molecule has 0 aliphatic rings. The van der Waals surface area contributed by atoms with Gasteiger partial charge < -0.3 is 14.3 Å². The van der Waals surface area contributed by atoms with Crippen molar-refractivity contribution in [2.24, 2.45) is 0 Å². The third kappa shape index (κ3) is 3.47. The minimum Gasteiger partial charge on any atom is -0.469 e. The largest absolute Gasteiger partial charge is 0.469 e. The minimum absolute atomic E-state index is 0.164. The van der Waals surface area contributed by atoms with Crippen LogP contribution in [0, 0.1) is 5.82 Å². The summed E-state index contributed by atoms with van der Waals surface area (Å²) in [6.07, 6.45) is 6.45. The normalized spacial score (nSPS) is 12.1. The summed E-state index contributed by atoms with van der Waals surface area (Å²) in [5.41, 5.74) is 1.32. The van der Waals surface area contributed by atoms with E-state index >= 15 is 0 Å². The Labute approximate surface area is 145 Å². The first-order chi connectivity index (χ1) is 12.1. The van der Waals surface area contributed by atoms with Crippen molar-refractivity contribution in [2.45, 2.75) is 25.8 Å². The number of H-pyrrole nitrogens is 1. The lowest BCUT2D eigenvalue weighted by Gasteiger charge is -2.27. The lowest BCUT2D eigenvalue weighted by Crippen LogP contribution is -2.33. The molecular weight excluding hydrogens is 321 g/mol. The van der Waals surface area contributed by atoms with Crippen LogP contribution in [0.25, 0.3) is 0 Å². The summed E-state index contributed by atoms with van der Waals surface area (Å²) >= 11 is 0. The second-order valence-corrected chi connectivity index (χ2v) is 5.85. The molecular formula is C19H20FN3O2. The maximum Gasteiger partial charge on any atom is 0.258 e. The molecule has 0 aliphatic carbocycles. The van der Waals surface area contributed by atoms with Crippen LogP contribution in [0.15, 0.2) is 53.4 Å². The van der Waals surface area contributed by atoms with Crippen LogP contribution >= 0.6 is 0 Å². The highest BCUT2D eigenvalue weighted by atomic mass is 19.1. The fraction of sp³-hybridized carbons (Fsp3) is 0.263. The number of carbonyl (C=O) groups excluding carboxylic acids is 1. The number of aromatic amines is 1. The van der Waals surface area contributed by atoms with Crippen molar-refractivity contribution >= 4 is 5.91 Å². The predicted octanol–water partition coefficient (Wildman–Crippen LogP) is 3.96. The van der Waals surface area contributed by atoms with Gasteiger partial charge in [0.15, 0.2) is 0 Å². The number of amides is 1. The van der Waals surface area contributed by atoms with Gasteiger partial charge in [0, 0.05) is 25.9 Å². The van der Waals surface area contributed by atoms with Gasteiger partial charge in [-0.1, -0.05) is 19.1 Å². The van der Waals surface area contributed by atoms with E-state index in [-0.39, 0.29) is 11.7 Å². The number of aryl methyl sites for hydroxylation is 1. The quantitative estimate of drug-likeness (QED) is 0.738. The zero-order chi connectivity index (χ0) is 17.8. The topological polar surface area (TPSA) is 62.1 Å². The van der Waals surface area contributed by atoms with Gasteiger partial charge in [0.2, 0.25) is 0 Å². The van der Waals surface area contributed by atoms with Crippen LogP contribution in [0.5, 0.6) is 0 Å². The summed E-state index contributed by atoms with van der Waals surface area (Å²) in [5.74, 6) is 0.804. The monoisotopic (exact) mass is 341 g/mol. The Bertz CT molecular complexity index is 825. The first-order valence-corrected chi connectivity index (χ1v) is 8.20. The molecule has 1 aromatic carbocycles. The van der Waals surface area contributed by atoms with Gasteiger partial charge in [-0.3, -0.25) is 4.79 Å². The van der Waals surface area contributed by atoms with E-state index in [9.17, 15) is 9.18 Å². The van der Waals surface area contributed by atoms with Gasteiger partial charge in [-0.05, 0) is 30.2 Å². The average molecular weight is 341 g/mol.